The maximum absolute atomic E-state index is 13.1. The van der Waals surface area contributed by atoms with E-state index in [1.165, 1.54) is 0 Å². The predicted octanol–water partition coefficient (Wildman–Crippen LogP) is 4.82. The topological polar surface area (TPSA) is 54.5 Å². The summed E-state index contributed by atoms with van der Waals surface area (Å²) < 4.78 is 5.22. The first kappa shape index (κ1) is 17.4. The second kappa shape index (κ2) is 6.93. The van der Waals surface area contributed by atoms with Crippen LogP contribution in [0.25, 0.3) is 0 Å². The van der Waals surface area contributed by atoms with Gasteiger partial charge in [-0.15, -0.1) is 0 Å². The van der Waals surface area contributed by atoms with Gasteiger partial charge in [0.05, 0.1) is 18.4 Å². The first-order valence-corrected chi connectivity index (χ1v) is 8.91. The zero-order chi connectivity index (χ0) is 19.0. The van der Waals surface area contributed by atoms with E-state index in [1.807, 2.05) is 49.4 Å². The number of rotatable bonds is 4. The summed E-state index contributed by atoms with van der Waals surface area (Å²) in [6.45, 7) is 1.95. The highest BCUT2D eigenvalue weighted by Crippen LogP contribution is 2.37. The van der Waals surface area contributed by atoms with Gasteiger partial charge in [-0.05, 0) is 61.0 Å². The molecular weight excluding hydrogens is 362 g/mol. The second-order valence-corrected chi connectivity index (χ2v) is 6.73. The maximum atomic E-state index is 13.1. The highest BCUT2D eigenvalue weighted by molar-refractivity contribution is 6.31. The molecule has 136 valence electrons. The number of halogens is 1. The Morgan fingerprint density at radius 1 is 1.15 bits per heavy atom. The summed E-state index contributed by atoms with van der Waals surface area (Å²) in [5, 5.41) is 4.07. The molecule has 0 bridgehead atoms. The van der Waals surface area contributed by atoms with Gasteiger partial charge in [-0.2, -0.15) is 0 Å². The lowest BCUT2D eigenvalue weighted by atomic mass is 10.2. The maximum Gasteiger partial charge on any atom is 0.262 e. The molecule has 0 aliphatic carbocycles. The molecule has 0 unspecified atom stereocenters. The Hall–Kier alpha value is -3.05. The number of aromatic nitrogens is 1. The number of nitrogens with zero attached hydrogens (tertiary/aromatic N) is 2. The summed E-state index contributed by atoms with van der Waals surface area (Å²) in [4.78, 5) is 19.2. The molecule has 0 radical (unpaired) electrons. The number of pyridine rings is 1. The summed E-state index contributed by atoms with van der Waals surface area (Å²) in [6, 6.07) is 16.7. The zero-order valence-corrected chi connectivity index (χ0v) is 15.7. The van der Waals surface area contributed by atoms with Crippen LogP contribution in [0.15, 0.2) is 60.8 Å². The van der Waals surface area contributed by atoms with Crippen molar-refractivity contribution in [2.24, 2.45) is 0 Å². The van der Waals surface area contributed by atoms with Gasteiger partial charge in [-0.25, -0.2) is 0 Å². The van der Waals surface area contributed by atoms with Crippen molar-refractivity contribution in [3.05, 3.63) is 82.6 Å². The Morgan fingerprint density at radius 2 is 1.93 bits per heavy atom. The third-order valence-corrected chi connectivity index (χ3v) is 5.04. The monoisotopic (exact) mass is 379 g/mol. The number of ether oxygens (including phenoxy) is 1. The first-order chi connectivity index (χ1) is 13.1. The molecule has 1 atom stereocenters. The Balaban J connectivity index is 1.76. The third kappa shape index (κ3) is 3.11. The fourth-order valence-corrected chi connectivity index (χ4v) is 3.35. The molecule has 0 saturated carbocycles. The Labute approximate surface area is 162 Å². The van der Waals surface area contributed by atoms with Crippen molar-refractivity contribution in [1.29, 1.82) is 0 Å². The molecule has 0 fully saturated rings. The summed E-state index contributed by atoms with van der Waals surface area (Å²) in [5.41, 5.74) is 3.85. The molecule has 1 aliphatic heterocycles. The molecule has 27 heavy (non-hydrogen) atoms. The number of hydrogen-bond donors (Lipinski definition) is 1. The van der Waals surface area contributed by atoms with Crippen LogP contribution in [0.2, 0.25) is 5.02 Å². The summed E-state index contributed by atoms with van der Waals surface area (Å²) >= 11 is 6.26. The molecule has 1 aliphatic rings. The molecule has 3 aromatic rings. The molecule has 0 saturated heterocycles. The molecule has 1 aromatic heterocycles. The van der Waals surface area contributed by atoms with E-state index >= 15 is 0 Å². The van der Waals surface area contributed by atoms with E-state index in [0.717, 1.165) is 22.7 Å². The van der Waals surface area contributed by atoms with Crippen molar-refractivity contribution in [3.8, 4) is 5.75 Å². The number of amides is 1. The van der Waals surface area contributed by atoms with Gasteiger partial charge in [0.15, 0.2) is 6.17 Å². The Kier molecular flexibility index (Phi) is 4.46. The van der Waals surface area contributed by atoms with Crippen molar-refractivity contribution >= 4 is 28.9 Å². The van der Waals surface area contributed by atoms with Gasteiger partial charge in [0.1, 0.15) is 5.75 Å². The van der Waals surface area contributed by atoms with Gasteiger partial charge in [-0.3, -0.25) is 14.7 Å². The number of aryl methyl sites for hydroxylation is 1. The quantitative estimate of drug-likeness (QED) is 0.705. The largest absolute Gasteiger partial charge is 0.497 e. The number of methoxy groups -OCH3 is 1. The van der Waals surface area contributed by atoms with Gasteiger partial charge >= 0.3 is 0 Å². The number of benzene rings is 2. The van der Waals surface area contributed by atoms with Crippen molar-refractivity contribution in [1.82, 2.24) is 4.98 Å². The molecule has 6 heteroatoms. The molecular formula is C21H18ClN3O2. The van der Waals surface area contributed by atoms with E-state index in [-0.39, 0.29) is 5.91 Å². The Morgan fingerprint density at radius 3 is 2.63 bits per heavy atom. The van der Waals surface area contributed by atoms with Crippen LogP contribution in [-0.2, 0) is 0 Å². The van der Waals surface area contributed by atoms with Crippen molar-refractivity contribution < 1.29 is 9.53 Å². The highest BCUT2D eigenvalue weighted by atomic mass is 35.5. The highest BCUT2D eigenvalue weighted by Gasteiger charge is 2.39. The fraction of sp³-hybridized carbons (Fsp3) is 0.143. The molecule has 0 spiro atoms. The van der Waals surface area contributed by atoms with Crippen molar-refractivity contribution in [2.75, 3.05) is 17.3 Å². The van der Waals surface area contributed by atoms with Gasteiger partial charge in [0, 0.05) is 22.6 Å². The summed E-state index contributed by atoms with van der Waals surface area (Å²) in [7, 11) is 1.61. The standard InChI is InChI=1S/C21H18ClN3O2/c1-13-5-6-14(12-18(13)22)24-20-19-17(4-3-11-23-19)21(26)25(20)15-7-9-16(27-2)10-8-15/h3-12,20,24H,1-2H3/t20-/m0/s1. The third-order valence-electron chi connectivity index (χ3n) is 4.63. The zero-order valence-electron chi connectivity index (χ0n) is 14.9. The Bertz CT molecular complexity index is 1000. The number of hydrogen-bond acceptors (Lipinski definition) is 4. The van der Waals surface area contributed by atoms with Gasteiger partial charge in [0.25, 0.3) is 5.91 Å². The average Bonchev–Trinajstić information content (AvgIpc) is 2.97. The van der Waals surface area contributed by atoms with Crippen LogP contribution in [0.4, 0.5) is 11.4 Å². The van der Waals surface area contributed by atoms with E-state index in [1.54, 1.807) is 30.3 Å². The lowest BCUT2D eigenvalue weighted by Gasteiger charge is -2.27. The minimum absolute atomic E-state index is 0.0982. The van der Waals surface area contributed by atoms with Crippen LogP contribution in [0.5, 0.6) is 5.75 Å². The molecule has 4 rings (SSSR count). The molecule has 2 heterocycles. The number of nitrogens with one attached hydrogen (secondary N) is 1. The van der Waals surface area contributed by atoms with Crippen LogP contribution in [-0.4, -0.2) is 18.0 Å². The van der Waals surface area contributed by atoms with Gasteiger partial charge in [-0.1, -0.05) is 17.7 Å². The first-order valence-electron chi connectivity index (χ1n) is 8.53. The minimum atomic E-state index is -0.430. The van der Waals surface area contributed by atoms with Crippen molar-refractivity contribution in [2.45, 2.75) is 13.1 Å². The summed E-state index contributed by atoms with van der Waals surface area (Å²) in [5.74, 6) is 0.634. The lowest BCUT2D eigenvalue weighted by molar-refractivity contribution is 0.0993. The van der Waals surface area contributed by atoms with Gasteiger partial charge < -0.3 is 10.1 Å². The van der Waals surface area contributed by atoms with E-state index in [0.29, 0.717) is 16.3 Å². The van der Waals surface area contributed by atoms with E-state index < -0.39 is 6.17 Å². The van der Waals surface area contributed by atoms with Crippen molar-refractivity contribution in [3.63, 3.8) is 0 Å². The fourth-order valence-electron chi connectivity index (χ4n) is 3.17. The molecule has 2 aromatic carbocycles. The van der Waals surface area contributed by atoms with Gasteiger partial charge in [0.2, 0.25) is 0 Å². The van der Waals surface area contributed by atoms with Crippen LogP contribution >= 0.6 is 11.6 Å². The smallest absolute Gasteiger partial charge is 0.262 e. The van der Waals surface area contributed by atoms with Crippen LogP contribution in [0.1, 0.15) is 27.8 Å². The van der Waals surface area contributed by atoms with E-state index in [2.05, 4.69) is 10.3 Å². The minimum Gasteiger partial charge on any atom is -0.497 e. The number of anilines is 2. The van der Waals surface area contributed by atoms with E-state index in [4.69, 9.17) is 16.3 Å². The number of fused-ring (bicyclic) bond motifs is 1. The lowest BCUT2D eigenvalue weighted by Crippen LogP contribution is -2.32. The molecule has 1 amide bonds. The number of carbonyl (C=O) groups is 1. The number of carbonyl (C=O) groups excluding carboxylic acids is 1. The average molecular weight is 380 g/mol. The SMILES string of the molecule is COc1ccc(N2C(=O)c3cccnc3[C@H]2Nc2ccc(C)c(Cl)c2)cc1. The predicted molar refractivity (Wildman–Crippen MR) is 107 cm³/mol. The van der Waals surface area contributed by atoms with E-state index in [9.17, 15) is 4.79 Å². The second-order valence-electron chi connectivity index (χ2n) is 6.32. The van der Waals surface area contributed by atoms with Crippen LogP contribution in [0.3, 0.4) is 0 Å². The van der Waals surface area contributed by atoms with Crippen LogP contribution in [0, 0.1) is 6.92 Å². The van der Waals surface area contributed by atoms with Crippen LogP contribution < -0.4 is 15.0 Å². The normalized spacial score (nSPS) is 15.6. The molecule has 5 nitrogen and oxygen atoms in total. The molecule has 1 N–H and O–H groups in total. The summed E-state index contributed by atoms with van der Waals surface area (Å²) in [6.07, 6.45) is 1.27.